The van der Waals surface area contributed by atoms with Crippen molar-refractivity contribution in [3.05, 3.63) is 29.8 Å². The Morgan fingerprint density at radius 3 is 2.72 bits per heavy atom. The Labute approximate surface area is 111 Å². The molecule has 98 valence electrons. The summed E-state index contributed by atoms with van der Waals surface area (Å²) in [6.45, 7) is 7.26. The van der Waals surface area contributed by atoms with Crippen LogP contribution in [0.3, 0.4) is 0 Å². The number of rotatable bonds is 2. The van der Waals surface area contributed by atoms with E-state index in [0.717, 1.165) is 5.92 Å². The van der Waals surface area contributed by atoms with Crippen LogP contribution in [-0.2, 0) is 5.41 Å². The molecule has 0 bridgehead atoms. The van der Waals surface area contributed by atoms with Gasteiger partial charge in [0.2, 0.25) is 0 Å². The highest BCUT2D eigenvalue weighted by atomic mass is 15.1. The summed E-state index contributed by atoms with van der Waals surface area (Å²) in [5, 5.41) is 3.94. The molecular weight excluding hydrogens is 218 g/mol. The van der Waals surface area contributed by atoms with Gasteiger partial charge in [0, 0.05) is 16.6 Å². The van der Waals surface area contributed by atoms with Crippen molar-refractivity contribution in [1.82, 2.24) is 0 Å². The molecule has 1 aromatic carbocycles. The Bertz CT molecular complexity index is 453. The van der Waals surface area contributed by atoms with Crippen LogP contribution in [0, 0.1) is 5.92 Å². The average Bonchev–Trinajstić information content (AvgIpc) is 2.68. The van der Waals surface area contributed by atoms with Crippen LogP contribution in [0.15, 0.2) is 24.3 Å². The minimum Gasteiger partial charge on any atom is -0.378 e. The van der Waals surface area contributed by atoms with Gasteiger partial charge < -0.3 is 5.32 Å². The molecule has 0 unspecified atom stereocenters. The Morgan fingerprint density at radius 1 is 1.22 bits per heavy atom. The Hall–Kier alpha value is -0.980. The largest absolute Gasteiger partial charge is 0.378 e. The minimum absolute atomic E-state index is 0.295. The highest BCUT2D eigenvalue weighted by Crippen LogP contribution is 2.58. The molecule has 1 saturated carbocycles. The first kappa shape index (κ1) is 12.1. The lowest BCUT2D eigenvalue weighted by atomic mass is 9.56. The molecule has 0 saturated heterocycles. The lowest BCUT2D eigenvalue weighted by molar-refractivity contribution is 0.132. The molecule has 18 heavy (non-hydrogen) atoms. The molecule has 1 aliphatic carbocycles. The van der Waals surface area contributed by atoms with Gasteiger partial charge in [-0.25, -0.2) is 0 Å². The van der Waals surface area contributed by atoms with Crippen molar-refractivity contribution < 1.29 is 0 Å². The summed E-state index contributed by atoms with van der Waals surface area (Å²) < 4.78 is 0. The van der Waals surface area contributed by atoms with Gasteiger partial charge in [0.05, 0.1) is 0 Å². The second-order valence-corrected chi connectivity index (χ2v) is 6.49. The fourth-order valence-electron chi connectivity index (χ4n) is 4.53. The molecule has 3 rings (SSSR count). The van der Waals surface area contributed by atoms with Crippen molar-refractivity contribution in [2.75, 3.05) is 5.32 Å². The maximum absolute atomic E-state index is 3.94. The molecule has 1 nitrogen and oxygen atoms in total. The molecule has 1 heteroatoms. The van der Waals surface area contributed by atoms with Crippen molar-refractivity contribution in [2.45, 2.75) is 63.8 Å². The van der Waals surface area contributed by atoms with Gasteiger partial charge >= 0.3 is 0 Å². The van der Waals surface area contributed by atoms with E-state index in [1.165, 1.54) is 37.8 Å². The summed E-state index contributed by atoms with van der Waals surface area (Å²) in [5.41, 5.74) is 3.58. The number of nitrogens with one attached hydrogen (secondary N) is 1. The van der Waals surface area contributed by atoms with E-state index in [1.807, 2.05) is 0 Å². The van der Waals surface area contributed by atoms with E-state index in [2.05, 4.69) is 50.4 Å². The second-order valence-electron chi connectivity index (χ2n) is 6.49. The van der Waals surface area contributed by atoms with Crippen molar-refractivity contribution >= 4 is 5.69 Å². The number of hydrogen-bond acceptors (Lipinski definition) is 1. The highest BCUT2D eigenvalue weighted by molar-refractivity contribution is 5.65. The second kappa shape index (κ2) is 4.01. The Balaban J connectivity index is 2.14. The lowest BCUT2D eigenvalue weighted by Gasteiger charge is -2.51. The zero-order chi connectivity index (χ0) is 12.8. The average molecular weight is 243 g/mol. The number of para-hydroxylation sites is 1. The van der Waals surface area contributed by atoms with Gasteiger partial charge in [-0.15, -0.1) is 0 Å². The van der Waals surface area contributed by atoms with Gasteiger partial charge in [-0.3, -0.25) is 0 Å². The number of benzene rings is 1. The molecule has 0 aromatic heterocycles. The lowest BCUT2D eigenvalue weighted by Crippen LogP contribution is -2.57. The van der Waals surface area contributed by atoms with Crippen molar-refractivity contribution in [3.63, 3.8) is 0 Å². The van der Waals surface area contributed by atoms with Crippen molar-refractivity contribution in [1.29, 1.82) is 0 Å². The molecule has 1 N–H and O–H groups in total. The zero-order valence-electron chi connectivity index (χ0n) is 11.9. The summed E-state index contributed by atoms with van der Waals surface area (Å²) in [7, 11) is 0. The quantitative estimate of drug-likeness (QED) is 0.792. The topological polar surface area (TPSA) is 12.0 Å². The van der Waals surface area contributed by atoms with Gasteiger partial charge in [0.1, 0.15) is 0 Å². The summed E-state index contributed by atoms with van der Waals surface area (Å²) in [5.74, 6) is 0.732. The van der Waals surface area contributed by atoms with Crippen LogP contribution >= 0.6 is 0 Å². The maximum atomic E-state index is 3.94. The van der Waals surface area contributed by atoms with Crippen LogP contribution in [0.4, 0.5) is 5.69 Å². The first-order valence-corrected chi connectivity index (χ1v) is 7.52. The van der Waals surface area contributed by atoms with E-state index in [9.17, 15) is 0 Å². The molecule has 0 radical (unpaired) electrons. The number of fused-ring (bicyclic) bond motifs is 3. The first-order valence-electron chi connectivity index (χ1n) is 7.52. The third-order valence-electron chi connectivity index (χ3n) is 5.82. The predicted octanol–water partition coefficient (Wildman–Crippen LogP) is 4.73. The molecule has 3 atom stereocenters. The third kappa shape index (κ3) is 1.34. The molecule has 1 aliphatic heterocycles. The zero-order valence-corrected chi connectivity index (χ0v) is 11.9. The molecular formula is C17H25N. The predicted molar refractivity (Wildman–Crippen MR) is 78.1 cm³/mol. The van der Waals surface area contributed by atoms with E-state index in [0.29, 0.717) is 11.0 Å². The van der Waals surface area contributed by atoms with Gasteiger partial charge in [-0.2, -0.15) is 0 Å². The first-order chi connectivity index (χ1) is 8.64. The molecule has 1 aromatic rings. The van der Waals surface area contributed by atoms with Gasteiger partial charge in [-0.1, -0.05) is 58.2 Å². The maximum Gasteiger partial charge on any atom is 0.0493 e. The summed E-state index contributed by atoms with van der Waals surface area (Å²) in [4.78, 5) is 0. The van der Waals surface area contributed by atoms with E-state index in [4.69, 9.17) is 0 Å². The fraction of sp³-hybridized carbons (Fsp3) is 0.647. The number of anilines is 1. The van der Waals surface area contributed by atoms with Gasteiger partial charge in [0.15, 0.2) is 0 Å². The van der Waals surface area contributed by atoms with Crippen LogP contribution in [0.2, 0.25) is 0 Å². The Kier molecular flexibility index (Phi) is 2.69. The summed E-state index contributed by atoms with van der Waals surface area (Å²) in [6.07, 6.45) is 6.68. The SMILES string of the molecule is CC[C@H](C)[C@@]12CCCC[C@@]1(C)c1ccccc1N2. The van der Waals surface area contributed by atoms with Gasteiger partial charge in [0.25, 0.3) is 0 Å². The third-order valence-corrected chi connectivity index (χ3v) is 5.82. The van der Waals surface area contributed by atoms with Crippen LogP contribution in [0.1, 0.15) is 58.4 Å². The normalized spacial score (nSPS) is 35.5. The van der Waals surface area contributed by atoms with Gasteiger partial charge in [-0.05, 0) is 30.4 Å². The molecule has 1 fully saturated rings. The summed E-state index contributed by atoms with van der Waals surface area (Å²) in [6, 6.07) is 8.98. The molecule has 2 aliphatic rings. The number of hydrogen-bond donors (Lipinski definition) is 1. The van der Waals surface area contributed by atoms with E-state index < -0.39 is 0 Å². The molecule has 1 heterocycles. The van der Waals surface area contributed by atoms with E-state index >= 15 is 0 Å². The van der Waals surface area contributed by atoms with Crippen LogP contribution < -0.4 is 5.32 Å². The van der Waals surface area contributed by atoms with Crippen molar-refractivity contribution in [3.8, 4) is 0 Å². The van der Waals surface area contributed by atoms with E-state index in [-0.39, 0.29) is 0 Å². The standard InChI is InChI=1S/C17H25N/c1-4-13(2)17-12-8-7-11-16(17,3)14-9-5-6-10-15(14)18-17/h5-6,9-10,13,18H,4,7-8,11-12H2,1-3H3/t13-,16-,17-/m0/s1. The summed E-state index contributed by atoms with van der Waals surface area (Å²) >= 11 is 0. The van der Waals surface area contributed by atoms with Crippen molar-refractivity contribution in [2.24, 2.45) is 5.92 Å². The van der Waals surface area contributed by atoms with Crippen LogP contribution in [-0.4, -0.2) is 5.54 Å². The fourth-order valence-corrected chi connectivity index (χ4v) is 4.53. The van der Waals surface area contributed by atoms with Crippen LogP contribution in [0.25, 0.3) is 0 Å². The highest BCUT2D eigenvalue weighted by Gasteiger charge is 2.57. The van der Waals surface area contributed by atoms with E-state index in [1.54, 1.807) is 5.56 Å². The Morgan fingerprint density at radius 2 is 1.94 bits per heavy atom. The molecule has 0 spiro atoms. The minimum atomic E-state index is 0.295. The monoisotopic (exact) mass is 243 g/mol. The van der Waals surface area contributed by atoms with Crippen LogP contribution in [0.5, 0.6) is 0 Å². The smallest absolute Gasteiger partial charge is 0.0493 e. The molecule has 0 amide bonds.